The number of aliphatic hydroxyl groups is 1. The minimum Gasteiger partial charge on any atom is -0.389 e. The van der Waals surface area contributed by atoms with E-state index in [0.29, 0.717) is 30.0 Å². The van der Waals surface area contributed by atoms with Crippen LogP contribution in [0.5, 0.6) is 0 Å². The van der Waals surface area contributed by atoms with Crippen LogP contribution in [0.25, 0.3) is 0 Å². The lowest BCUT2D eigenvalue weighted by atomic mass is 9.94. The van der Waals surface area contributed by atoms with Gasteiger partial charge in [0.2, 0.25) is 5.91 Å². The number of hydrogen-bond acceptors (Lipinski definition) is 6. The zero-order valence-electron chi connectivity index (χ0n) is 18.2. The van der Waals surface area contributed by atoms with Crippen LogP contribution < -0.4 is 5.32 Å². The molecule has 0 aliphatic carbocycles. The van der Waals surface area contributed by atoms with Crippen molar-refractivity contribution in [3.63, 3.8) is 0 Å². The van der Waals surface area contributed by atoms with Crippen LogP contribution in [0.15, 0.2) is 48.8 Å². The normalized spacial score (nSPS) is 25.5. The Morgan fingerprint density at radius 3 is 2.76 bits per heavy atom. The largest absolute Gasteiger partial charge is 0.389 e. The van der Waals surface area contributed by atoms with Crippen LogP contribution in [0.1, 0.15) is 35.2 Å². The summed E-state index contributed by atoms with van der Waals surface area (Å²) in [6.45, 7) is 0.949. The maximum Gasteiger partial charge on any atom is 0.255 e. The molecule has 0 unspecified atom stereocenters. The second-order valence-corrected chi connectivity index (χ2v) is 8.88. The molecule has 0 spiro atoms. The van der Waals surface area contributed by atoms with Crippen molar-refractivity contribution in [3.05, 3.63) is 64.9 Å². The maximum absolute atomic E-state index is 13.2. The summed E-state index contributed by atoms with van der Waals surface area (Å²) < 4.78 is 11.8. The number of pyridine rings is 1. The Morgan fingerprint density at radius 1 is 1.18 bits per heavy atom. The van der Waals surface area contributed by atoms with Crippen LogP contribution in [0, 0.1) is 0 Å². The number of fused-ring (bicyclic) bond motifs is 1. The first-order chi connectivity index (χ1) is 16.0. The number of amides is 2. The minimum atomic E-state index is -0.775. The number of carbonyl (C=O) groups is 2. The molecule has 2 aromatic rings. The molecule has 8 nitrogen and oxygen atoms in total. The van der Waals surface area contributed by atoms with Crippen molar-refractivity contribution in [1.29, 1.82) is 0 Å². The Kier molecular flexibility index (Phi) is 7.93. The van der Waals surface area contributed by atoms with Crippen molar-refractivity contribution in [2.45, 2.75) is 50.2 Å². The summed E-state index contributed by atoms with van der Waals surface area (Å²) in [5.41, 5.74) is 1.43. The zero-order chi connectivity index (χ0) is 23.2. The molecule has 33 heavy (non-hydrogen) atoms. The third-order valence-electron chi connectivity index (χ3n) is 5.97. The lowest BCUT2D eigenvalue weighted by molar-refractivity contribution is -0.151. The first kappa shape index (κ1) is 23.6. The minimum absolute atomic E-state index is 0.0983. The molecule has 0 radical (unpaired) electrons. The van der Waals surface area contributed by atoms with Crippen LogP contribution in [0.4, 0.5) is 0 Å². The number of ether oxygens (including phenoxy) is 2. The summed E-state index contributed by atoms with van der Waals surface area (Å²) in [6.07, 6.45) is 3.24. The molecule has 1 aromatic heterocycles. The predicted molar refractivity (Wildman–Crippen MR) is 122 cm³/mol. The first-order valence-electron chi connectivity index (χ1n) is 11.1. The average Bonchev–Trinajstić information content (AvgIpc) is 2.82. The summed E-state index contributed by atoms with van der Waals surface area (Å²) in [7, 11) is 0. The molecule has 0 saturated carbocycles. The molecule has 176 valence electrons. The number of rotatable bonds is 5. The number of β-amino-alcohol motifs (C(OH)–C–C–N with tert-alkyl or cyclic N) is 1. The van der Waals surface area contributed by atoms with Crippen LogP contribution in [-0.2, 0) is 20.8 Å². The number of halogens is 1. The maximum atomic E-state index is 13.2. The molecule has 9 heteroatoms. The Balaban J connectivity index is 1.37. The fourth-order valence-electron chi connectivity index (χ4n) is 4.31. The molecule has 2 fully saturated rings. The van der Waals surface area contributed by atoms with Crippen molar-refractivity contribution >= 4 is 23.4 Å². The molecule has 2 N–H and O–H groups in total. The van der Waals surface area contributed by atoms with Crippen molar-refractivity contribution < 1.29 is 24.2 Å². The third-order valence-corrected chi connectivity index (χ3v) is 6.22. The van der Waals surface area contributed by atoms with E-state index in [2.05, 4.69) is 10.3 Å². The molecular formula is C24H28ClN3O5. The topological polar surface area (TPSA) is 101 Å². The third kappa shape index (κ3) is 6.29. The molecule has 2 amide bonds. The molecule has 0 bridgehead atoms. The van der Waals surface area contributed by atoms with E-state index in [1.807, 2.05) is 12.1 Å². The quantitative estimate of drug-likeness (QED) is 0.690. The van der Waals surface area contributed by atoms with Gasteiger partial charge < -0.3 is 24.8 Å². The SMILES string of the molecule is O=C(C[C@H]1CC[C@H]2[C@@H](COC[C@@H](O)CN2C(=O)c2cccnc2)O1)NCc1ccc(Cl)cc1. The number of aromatic nitrogens is 1. The van der Waals surface area contributed by atoms with Crippen LogP contribution >= 0.6 is 11.6 Å². The molecule has 2 saturated heterocycles. The van der Waals surface area contributed by atoms with Gasteiger partial charge >= 0.3 is 0 Å². The molecule has 4 atom stereocenters. The van der Waals surface area contributed by atoms with E-state index in [4.69, 9.17) is 21.1 Å². The van der Waals surface area contributed by atoms with E-state index in [9.17, 15) is 14.7 Å². The molecule has 2 aliphatic rings. The number of nitrogens with zero attached hydrogens (tertiary/aromatic N) is 2. The summed E-state index contributed by atoms with van der Waals surface area (Å²) in [4.78, 5) is 31.4. The molecule has 4 rings (SSSR count). The first-order valence-corrected chi connectivity index (χ1v) is 11.5. The molecule has 2 aliphatic heterocycles. The average molecular weight is 474 g/mol. The monoisotopic (exact) mass is 473 g/mol. The van der Waals surface area contributed by atoms with Gasteiger partial charge in [-0.25, -0.2) is 0 Å². The van der Waals surface area contributed by atoms with Gasteiger partial charge in [-0.15, -0.1) is 0 Å². The van der Waals surface area contributed by atoms with Crippen molar-refractivity contribution in [2.75, 3.05) is 19.8 Å². The van der Waals surface area contributed by atoms with Gasteiger partial charge in [-0.05, 0) is 42.7 Å². The van der Waals surface area contributed by atoms with E-state index in [0.717, 1.165) is 5.56 Å². The Hall–Kier alpha value is -2.52. The molecule has 1 aromatic carbocycles. The van der Waals surface area contributed by atoms with Crippen molar-refractivity contribution in [2.24, 2.45) is 0 Å². The Morgan fingerprint density at radius 2 is 2.00 bits per heavy atom. The van der Waals surface area contributed by atoms with Gasteiger partial charge in [0.15, 0.2) is 0 Å². The smallest absolute Gasteiger partial charge is 0.255 e. The van der Waals surface area contributed by atoms with Gasteiger partial charge in [-0.3, -0.25) is 14.6 Å². The van der Waals surface area contributed by atoms with E-state index in [1.165, 1.54) is 6.20 Å². The van der Waals surface area contributed by atoms with Gasteiger partial charge in [0, 0.05) is 30.5 Å². The van der Waals surface area contributed by atoms with Crippen molar-refractivity contribution in [1.82, 2.24) is 15.2 Å². The summed E-state index contributed by atoms with van der Waals surface area (Å²) in [5, 5.41) is 13.8. The standard InChI is InChI=1S/C24H28ClN3O5/c25-18-5-3-16(4-6-18)11-27-23(30)10-20-7-8-21-22(33-20)15-32-14-19(29)13-28(21)24(31)17-2-1-9-26-12-17/h1-6,9,12,19-22,29H,7-8,10-11,13-15H2,(H,27,30)/t19-,20+,21-,22+/m0/s1. The predicted octanol–water partition coefficient (Wildman–Crippen LogP) is 2.19. The van der Waals surface area contributed by atoms with E-state index >= 15 is 0 Å². The summed E-state index contributed by atoms with van der Waals surface area (Å²) >= 11 is 5.90. The number of aliphatic hydroxyl groups excluding tert-OH is 1. The number of benzene rings is 1. The highest BCUT2D eigenvalue weighted by molar-refractivity contribution is 6.30. The van der Waals surface area contributed by atoms with Gasteiger partial charge in [-0.1, -0.05) is 23.7 Å². The van der Waals surface area contributed by atoms with Crippen molar-refractivity contribution in [3.8, 4) is 0 Å². The van der Waals surface area contributed by atoms with Crippen LogP contribution in [-0.4, -0.2) is 70.9 Å². The van der Waals surface area contributed by atoms with Gasteiger partial charge in [-0.2, -0.15) is 0 Å². The lowest BCUT2D eigenvalue weighted by Crippen LogP contribution is -2.57. The highest BCUT2D eigenvalue weighted by Gasteiger charge is 2.40. The number of carbonyl (C=O) groups excluding carboxylic acids is 2. The Bertz CT molecular complexity index is 943. The summed E-state index contributed by atoms with van der Waals surface area (Å²) in [5.74, 6) is -0.291. The molecular weight excluding hydrogens is 446 g/mol. The highest BCUT2D eigenvalue weighted by atomic mass is 35.5. The second kappa shape index (κ2) is 11.1. The number of nitrogens with one attached hydrogen (secondary N) is 1. The Labute approximate surface area is 197 Å². The fraction of sp³-hybridized carbons (Fsp3) is 0.458. The van der Waals surface area contributed by atoms with Crippen LogP contribution in [0.2, 0.25) is 5.02 Å². The summed E-state index contributed by atoms with van der Waals surface area (Å²) in [6, 6.07) is 10.5. The highest BCUT2D eigenvalue weighted by Crippen LogP contribution is 2.28. The van der Waals surface area contributed by atoms with E-state index in [-0.39, 0.29) is 56.2 Å². The lowest BCUT2D eigenvalue weighted by Gasteiger charge is -2.44. The second-order valence-electron chi connectivity index (χ2n) is 8.44. The van der Waals surface area contributed by atoms with E-state index in [1.54, 1.807) is 35.4 Å². The number of hydrogen-bond donors (Lipinski definition) is 2. The fourth-order valence-corrected chi connectivity index (χ4v) is 4.44. The molecule has 3 heterocycles. The van der Waals surface area contributed by atoms with Gasteiger partial charge in [0.05, 0.1) is 43.4 Å². The van der Waals surface area contributed by atoms with Crippen LogP contribution in [0.3, 0.4) is 0 Å². The van der Waals surface area contributed by atoms with Gasteiger partial charge in [0.25, 0.3) is 5.91 Å². The van der Waals surface area contributed by atoms with E-state index < -0.39 is 6.10 Å². The zero-order valence-corrected chi connectivity index (χ0v) is 19.0. The van der Waals surface area contributed by atoms with Gasteiger partial charge in [0.1, 0.15) is 6.10 Å².